The van der Waals surface area contributed by atoms with Crippen LogP contribution < -0.4 is 9.64 Å². The average molecular weight is 486 g/mol. The third kappa shape index (κ3) is 3.88. The number of rotatable bonds is 5. The Morgan fingerprint density at radius 2 is 1.49 bits per heavy atom. The number of esters is 1. The van der Waals surface area contributed by atoms with E-state index in [1.807, 2.05) is 60.7 Å². The Morgan fingerprint density at radius 3 is 2.06 bits per heavy atom. The van der Waals surface area contributed by atoms with Crippen molar-refractivity contribution in [2.75, 3.05) is 19.1 Å². The largest absolute Gasteiger partial charge is 0.503 e. The number of carbonyl (C=O) groups is 2. The standard InChI is InChI=1S/C28H23NO5S/c1-33-20-15-13-19(14-16-20)29-23-21(17-9-5-3-6-10-17)25(18-11-7-4-8-12-18)35-26(28(32)34-2)22(23)24(30)27(29)31/h3-16,23,26,30H,1-2H3/t23-,26-/m1/s1. The van der Waals surface area contributed by atoms with Crippen LogP contribution in [0, 0.1) is 0 Å². The molecule has 0 saturated carbocycles. The first-order chi connectivity index (χ1) is 17.0. The summed E-state index contributed by atoms with van der Waals surface area (Å²) in [5.74, 6) is -0.860. The highest BCUT2D eigenvalue weighted by atomic mass is 32.2. The summed E-state index contributed by atoms with van der Waals surface area (Å²) in [6.45, 7) is 0. The number of hydrogen-bond donors (Lipinski definition) is 1. The van der Waals surface area contributed by atoms with Crippen LogP contribution in [0.1, 0.15) is 11.1 Å². The molecule has 35 heavy (non-hydrogen) atoms. The second kappa shape index (κ2) is 9.35. The van der Waals surface area contributed by atoms with E-state index in [2.05, 4.69) is 0 Å². The molecule has 7 heteroatoms. The number of nitrogens with zero attached hydrogens (tertiary/aromatic N) is 1. The van der Waals surface area contributed by atoms with E-state index < -0.39 is 28.9 Å². The molecule has 1 amide bonds. The Balaban J connectivity index is 1.80. The van der Waals surface area contributed by atoms with Gasteiger partial charge in [0.25, 0.3) is 5.91 Å². The normalized spacial score (nSPS) is 19.6. The van der Waals surface area contributed by atoms with Crippen LogP contribution in [0.15, 0.2) is 96.3 Å². The van der Waals surface area contributed by atoms with Crippen molar-refractivity contribution in [2.24, 2.45) is 0 Å². The summed E-state index contributed by atoms with van der Waals surface area (Å²) in [5.41, 5.74) is 3.56. The molecule has 1 N–H and O–H groups in total. The number of aliphatic hydroxyl groups is 1. The number of benzene rings is 3. The molecule has 5 rings (SSSR count). The van der Waals surface area contributed by atoms with E-state index >= 15 is 0 Å². The van der Waals surface area contributed by atoms with Crippen molar-refractivity contribution >= 4 is 39.8 Å². The zero-order valence-electron chi connectivity index (χ0n) is 19.2. The predicted molar refractivity (Wildman–Crippen MR) is 137 cm³/mol. The summed E-state index contributed by atoms with van der Waals surface area (Å²) in [6, 6.07) is 25.8. The lowest BCUT2D eigenvalue weighted by molar-refractivity contribution is -0.139. The van der Waals surface area contributed by atoms with Crippen LogP contribution in [0.5, 0.6) is 5.75 Å². The van der Waals surface area contributed by atoms with Crippen LogP contribution in [0.4, 0.5) is 5.69 Å². The molecule has 0 unspecified atom stereocenters. The van der Waals surface area contributed by atoms with Gasteiger partial charge in [0.2, 0.25) is 0 Å². The fraction of sp³-hybridized carbons (Fsp3) is 0.143. The summed E-state index contributed by atoms with van der Waals surface area (Å²) < 4.78 is 10.4. The van der Waals surface area contributed by atoms with Gasteiger partial charge >= 0.3 is 5.97 Å². The first kappa shape index (κ1) is 22.8. The zero-order valence-corrected chi connectivity index (χ0v) is 20.0. The van der Waals surface area contributed by atoms with Crippen LogP contribution in [-0.2, 0) is 14.3 Å². The Hall–Kier alpha value is -3.97. The van der Waals surface area contributed by atoms with Crippen LogP contribution in [0.25, 0.3) is 10.5 Å². The smallest absolute Gasteiger partial charge is 0.323 e. The number of ether oxygens (including phenoxy) is 2. The molecule has 0 saturated heterocycles. The number of fused-ring (bicyclic) bond motifs is 1. The minimum atomic E-state index is -0.875. The second-order valence-electron chi connectivity index (χ2n) is 8.08. The van der Waals surface area contributed by atoms with Gasteiger partial charge in [0.1, 0.15) is 11.0 Å². The third-order valence-corrected chi connectivity index (χ3v) is 7.54. The van der Waals surface area contributed by atoms with Crippen LogP contribution in [-0.4, -0.2) is 42.5 Å². The highest BCUT2D eigenvalue weighted by Gasteiger charge is 2.51. The predicted octanol–water partition coefficient (Wildman–Crippen LogP) is 5.08. The second-order valence-corrected chi connectivity index (χ2v) is 9.19. The topological polar surface area (TPSA) is 76.1 Å². The molecule has 0 aromatic heterocycles. The van der Waals surface area contributed by atoms with E-state index in [4.69, 9.17) is 9.47 Å². The quantitative estimate of drug-likeness (QED) is 0.508. The fourth-order valence-electron chi connectivity index (χ4n) is 4.56. The molecule has 0 aliphatic carbocycles. The van der Waals surface area contributed by atoms with Crippen molar-refractivity contribution < 1.29 is 24.2 Å². The molecule has 176 valence electrons. The van der Waals surface area contributed by atoms with Crippen LogP contribution in [0.3, 0.4) is 0 Å². The van der Waals surface area contributed by atoms with Gasteiger partial charge < -0.3 is 14.6 Å². The maximum absolute atomic E-state index is 13.5. The summed E-state index contributed by atoms with van der Waals surface area (Å²) in [5, 5.41) is 10.2. The Bertz CT molecular complexity index is 1330. The summed E-state index contributed by atoms with van der Waals surface area (Å²) in [4.78, 5) is 28.9. The molecule has 3 aromatic carbocycles. The maximum atomic E-state index is 13.5. The first-order valence-corrected chi connectivity index (χ1v) is 11.9. The van der Waals surface area contributed by atoms with Gasteiger partial charge in [0.05, 0.1) is 20.3 Å². The number of methoxy groups -OCH3 is 2. The van der Waals surface area contributed by atoms with E-state index in [9.17, 15) is 14.7 Å². The highest BCUT2D eigenvalue weighted by molar-refractivity contribution is 8.10. The van der Waals surface area contributed by atoms with Gasteiger partial charge in [-0.25, -0.2) is 0 Å². The molecule has 2 atom stereocenters. The van der Waals surface area contributed by atoms with Gasteiger partial charge in [-0.05, 0) is 35.4 Å². The van der Waals surface area contributed by atoms with Gasteiger partial charge in [-0.15, -0.1) is 11.8 Å². The molecule has 6 nitrogen and oxygen atoms in total. The Morgan fingerprint density at radius 1 is 0.886 bits per heavy atom. The summed E-state index contributed by atoms with van der Waals surface area (Å²) >= 11 is 1.29. The molecule has 0 radical (unpaired) electrons. The van der Waals surface area contributed by atoms with E-state index in [-0.39, 0.29) is 0 Å². The Kier molecular flexibility index (Phi) is 6.09. The lowest BCUT2D eigenvalue weighted by Crippen LogP contribution is -2.41. The maximum Gasteiger partial charge on any atom is 0.323 e. The van der Waals surface area contributed by atoms with Crippen molar-refractivity contribution in [3.8, 4) is 5.75 Å². The van der Waals surface area contributed by atoms with Crippen molar-refractivity contribution in [2.45, 2.75) is 11.3 Å². The molecule has 2 aliphatic heterocycles. The van der Waals surface area contributed by atoms with Crippen molar-refractivity contribution in [1.29, 1.82) is 0 Å². The molecular formula is C28H23NO5S. The monoisotopic (exact) mass is 485 g/mol. The molecular weight excluding hydrogens is 462 g/mol. The Labute approximate surface area is 207 Å². The minimum Gasteiger partial charge on any atom is -0.503 e. The molecule has 2 aliphatic rings. The van der Waals surface area contributed by atoms with Crippen LogP contribution >= 0.6 is 11.8 Å². The summed E-state index contributed by atoms with van der Waals surface area (Å²) in [7, 11) is 2.88. The number of amides is 1. The van der Waals surface area contributed by atoms with Crippen molar-refractivity contribution in [1.82, 2.24) is 0 Å². The molecule has 2 heterocycles. The van der Waals surface area contributed by atoms with E-state index in [1.165, 1.54) is 18.9 Å². The summed E-state index contributed by atoms with van der Waals surface area (Å²) in [6.07, 6.45) is 0. The fourth-order valence-corrected chi connectivity index (χ4v) is 5.98. The molecule has 3 aromatic rings. The number of anilines is 1. The number of hydrogen-bond acceptors (Lipinski definition) is 6. The van der Waals surface area contributed by atoms with Gasteiger partial charge in [-0.1, -0.05) is 60.7 Å². The number of carbonyl (C=O) groups excluding carboxylic acids is 2. The van der Waals surface area contributed by atoms with E-state index in [0.717, 1.165) is 21.6 Å². The zero-order chi connectivity index (χ0) is 24.5. The molecule has 0 bridgehead atoms. The molecule has 0 fully saturated rings. The average Bonchev–Trinajstić information content (AvgIpc) is 3.18. The minimum absolute atomic E-state index is 0.334. The first-order valence-electron chi connectivity index (χ1n) is 11.0. The van der Waals surface area contributed by atoms with Crippen molar-refractivity contribution in [3.63, 3.8) is 0 Å². The van der Waals surface area contributed by atoms with Gasteiger partial charge in [-0.3, -0.25) is 14.5 Å². The number of thioether (sulfide) groups is 1. The molecule has 0 spiro atoms. The highest BCUT2D eigenvalue weighted by Crippen LogP contribution is 2.53. The number of aliphatic hydroxyl groups excluding tert-OH is 1. The third-order valence-electron chi connectivity index (χ3n) is 6.17. The van der Waals surface area contributed by atoms with Gasteiger partial charge in [0.15, 0.2) is 5.76 Å². The van der Waals surface area contributed by atoms with Crippen LogP contribution in [0.2, 0.25) is 0 Å². The van der Waals surface area contributed by atoms with Gasteiger partial charge in [-0.2, -0.15) is 0 Å². The van der Waals surface area contributed by atoms with Gasteiger partial charge in [0, 0.05) is 21.7 Å². The lowest BCUT2D eigenvalue weighted by Gasteiger charge is -2.36. The van der Waals surface area contributed by atoms with E-state index in [0.29, 0.717) is 17.0 Å². The lowest BCUT2D eigenvalue weighted by atomic mass is 9.88. The van der Waals surface area contributed by atoms with Crippen molar-refractivity contribution in [3.05, 3.63) is 107 Å². The SMILES string of the molecule is COC(=O)[C@@H]1SC(c2ccccc2)=C(c2ccccc2)[C@@H]2C1=C(O)C(=O)N2c1ccc(OC)cc1. The van der Waals surface area contributed by atoms with E-state index in [1.54, 1.807) is 36.3 Å².